The minimum absolute atomic E-state index is 0.240. The van der Waals surface area contributed by atoms with E-state index in [-0.39, 0.29) is 5.56 Å². The SMILES string of the molecule is OC(c1ccncc1F)c1cscc1Br. The second kappa shape index (κ2) is 4.38. The molecule has 0 bridgehead atoms. The van der Waals surface area contributed by atoms with Crippen LogP contribution in [0.3, 0.4) is 0 Å². The first-order valence-electron chi connectivity index (χ1n) is 4.19. The highest BCUT2D eigenvalue weighted by molar-refractivity contribution is 9.10. The highest BCUT2D eigenvalue weighted by Crippen LogP contribution is 2.32. The predicted molar refractivity (Wildman–Crippen MR) is 60.3 cm³/mol. The number of aliphatic hydroxyl groups excluding tert-OH is 1. The fourth-order valence-corrected chi connectivity index (χ4v) is 2.79. The largest absolute Gasteiger partial charge is 0.383 e. The Morgan fingerprint density at radius 1 is 1.40 bits per heavy atom. The highest BCUT2D eigenvalue weighted by atomic mass is 79.9. The zero-order chi connectivity index (χ0) is 10.8. The summed E-state index contributed by atoms with van der Waals surface area (Å²) in [4.78, 5) is 3.64. The van der Waals surface area contributed by atoms with E-state index in [9.17, 15) is 9.50 Å². The topological polar surface area (TPSA) is 33.1 Å². The zero-order valence-corrected chi connectivity index (χ0v) is 9.93. The van der Waals surface area contributed by atoms with Gasteiger partial charge in [-0.1, -0.05) is 0 Å². The molecule has 0 aliphatic carbocycles. The quantitative estimate of drug-likeness (QED) is 0.921. The van der Waals surface area contributed by atoms with Crippen molar-refractivity contribution in [1.29, 1.82) is 0 Å². The number of halogens is 2. The first-order chi connectivity index (χ1) is 7.20. The van der Waals surface area contributed by atoms with Crippen molar-refractivity contribution in [3.8, 4) is 0 Å². The van der Waals surface area contributed by atoms with Gasteiger partial charge in [-0.05, 0) is 27.4 Å². The maximum Gasteiger partial charge on any atom is 0.147 e. The number of aliphatic hydroxyl groups is 1. The summed E-state index contributed by atoms with van der Waals surface area (Å²) in [7, 11) is 0. The van der Waals surface area contributed by atoms with Gasteiger partial charge in [0.2, 0.25) is 0 Å². The van der Waals surface area contributed by atoms with Gasteiger partial charge >= 0.3 is 0 Å². The molecule has 1 atom stereocenters. The molecule has 2 aromatic rings. The number of pyridine rings is 1. The molecular weight excluding hydrogens is 281 g/mol. The Balaban J connectivity index is 2.41. The van der Waals surface area contributed by atoms with E-state index in [1.807, 2.05) is 5.38 Å². The van der Waals surface area contributed by atoms with Gasteiger partial charge in [0.15, 0.2) is 0 Å². The van der Waals surface area contributed by atoms with E-state index in [0.29, 0.717) is 5.56 Å². The molecule has 15 heavy (non-hydrogen) atoms. The second-order valence-corrected chi connectivity index (χ2v) is 4.57. The Morgan fingerprint density at radius 2 is 2.20 bits per heavy atom. The lowest BCUT2D eigenvalue weighted by Gasteiger charge is -2.10. The van der Waals surface area contributed by atoms with Crippen LogP contribution in [-0.4, -0.2) is 10.1 Å². The van der Waals surface area contributed by atoms with Crippen molar-refractivity contribution >= 4 is 27.3 Å². The average molecular weight is 288 g/mol. The first kappa shape index (κ1) is 10.7. The number of hydrogen-bond donors (Lipinski definition) is 1. The lowest BCUT2D eigenvalue weighted by atomic mass is 10.1. The van der Waals surface area contributed by atoms with Crippen LogP contribution in [0.5, 0.6) is 0 Å². The Labute approximate surface area is 98.5 Å². The summed E-state index contributed by atoms with van der Waals surface area (Å²) in [6, 6.07) is 1.48. The van der Waals surface area contributed by atoms with Crippen LogP contribution < -0.4 is 0 Å². The predicted octanol–water partition coefficient (Wildman–Crippen LogP) is 3.13. The van der Waals surface area contributed by atoms with E-state index in [1.54, 1.807) is 5.38 Å². The summed E-state index contributed by atoms with van der Waals surface area (Å²) in [6.07, 6.45) is 1.61. The van der Waals surface area contributed by atoms with Crippen molar-refractivity contribution in [2.45, 2.75) is 6.10 Å². The number of thiophene rings is 1. The van der Waals surface area contributed by atoms with Crippen molar-refractivity contribution in [1.82, 2.24) is 4.98 Å². The highest BCUT2D eigenvalue weighted by Gasteiger charge is 2.17. The van der Waals surface area contributed by atoms with Crippen molar-refractivity contribution in [3.05, 3.63) is 50.6 Å². The third kappa shape index (κ3) is 2.09. The Hall–Kier alpha value is -0.780. The van der Waals surface area contributed by atoms with Gasteiger partial charge in [-0.3, -0.25) is 4.98 Å². The molecule has 1 N–H and O–H groups in total. The van der Waals surface area contributed by atoms with Crippen LogP contribution in [0.25, 0.3) is 0 Å². The molecular formula is C10H7BrFNOS. The summed E-state index contributed by atoms with van der Waals surface area (Å²) in [6.45, 7) is 0. The summed E-state index contributed by atoms with van der Waals surface area (Å²) in [5, 5.41) is 13.6. The van der Waals surface area contributed by atoms with Gasteiger partial charge in [-0.25, -0.2) is 4.39 Å². The Bertz CT molecular complexity index is 474. The second-order valence-electron chi connectivity index (χ2n) is 2.97. The Kier molecular flexibility index (Phi) is 3.14. The van der Waals surface area contributed by atoms with Crippen LogP contribution in [0.4, 0.5) is 4.39 Å². The summed E-state index contributed by atoms with van der Waals surface area (Å²) < 4.78 is 14.1. The van der Waals surface area contributed by atoms with Gasteiger partial charge in [0.25, 0.3) is 0 Å². The van der Waals surface area contributed by atoms with Crippen LogP contribution in [0, 0.1) is 5.82 Å². The molecule has 5 heteroatoms. The van der Waals surface area contributed by atoms with Gasteiger partial charge in [0.1, 0.15) is 11.9 Å². The zero-order valence-electron chi connectivity index (χ0n) is 7.52. The van der Waals surface area contributed by atoms with Gasteiger partial charge in [-0.2, -0.15) is 11.3 Å². The lowest BCUT2D eigenvalue weighted by molar-refractivity contribution is 0.214. The molecule has 0 aromatic carbocycles. The van der Waals surface area contributed by atoms with Crippen molar-refractivity contribution in [3.63, 3.8) is 0 Å². The fourth-order valence-electron chi connectivity index (χ4n) is 1.26. The maximum atomic E-state index is 13.3. The molecule has 2 rings (SSSR count). The number of rotatable bonds is 2. The third-order valence-electron chi connectivity index (χ3n) is 2.04. The molecule has 2 heterocycles. The molecule has 0 saturated carbocycles. The molecule has 78 valence electrons. The van der Waals surface area contributed by atoms with E-state index in [4.69, 9.17) is 0 Å². The molecule has 0 saturated heterocycles. The van der Waals surface area contributed by atoms with E-state index in [1.165, 1.54) is 23.6 Å². The van der Waals surface area contributed by atoms with Crippen LogP contribution >= 0.6 is 27.3 Å². The van der Waals surface area contributed by atoms with Gasteiger partial charge in [0.05, 0.1) is 6.20 Å². The van der Waals surface area contributed by atoms with Crippen LogP contribution in [0.15, 0.2) is 33.7 Å². The molecule has 2 aromatic heterocycles. The normalized spacial score (nSPS) is 12.7. The molecule has 2 nitrogen and oxygen atoms in total. The monoisotopic (exact) mass is 287 g/mol. The molecule has 0 amide bonds. The van der Waals surface area contributed by atoms with E-state index in [0.717, 1.165) is 10.7 Å². The molecule has 0 aliphatic rings. The van der Waals surface area contributed by atoms with E-state index < -0.39 is 11.9 Å². The third-order valence-corrected chi connectivity index (χ3v) is 3.79. The molecule has 1 unspecified atom stereocenters. The average Bonchev–Trinajstić information content (AvgIpc) is 2.64. The number of aromatic nitrogens is 1. The minimum atomic E-state index is -0.950. The minimum Gasteiger partial charge on any atom is -0.383 e. The summed E-state index contributed by atoms with van der Waals surface area (Å²) >= 11 is 4.75. The first-order valence-corrected chi connectivity index (χ1v) is 5.93. The molecule has 0 aliphatic heterocycles. The van der Waals surface area contributed by atoms with Crippen molar-refractivity contribution < 1.29 is 9.50 Å². The Morgan fingerprint density at radius 3 is 2.80 bits per heavy atom. The standard InChI is InChI=1S/C10H7BrFNOS/c11-8-5-15-4-7(8)10(14)6-1-2-13-3-9(6)12/h1-5,10,14H. The number of nitrogens with zero attached hydrogens (tertiary/aromatic N) is 1. The van der Waals surface area contributed by atoms with Crippen LogP contribution in [0.1, 0.15) is 17.2 Å². The lowest BCUT2D eigenvalue weighted by Crippen LogP contribution is -2.02. The maximum absolute atomic E-state index is 13.3. The summed E-state index contributed by atoms with van der Waals surface area (Å²) in [5.41, 5.74) is 0.911. The van der Waals surface area contributed by atoms with Crippen LogP contribution in [0.2, 0.25) is 0 Å². The molecule has 0 spiro atoms. The van der Waals surface area contributed by atoms with Gasteiger partial charge in [-0.15, -0.1) is 0 Å². The van der Waals surface area contributed by atoms with Crippen molar-refractivity contribution in [2.75, 3.05) is 0 Å². The van der Waals surface area contributed by atoms with E-state index in [2.05, 4.69) is 20.9 Å². The number of hydrogen-bond acceptors (Lipinski definition) is 3. The van der Waals surface area contributed by atoms with Gasteiger partial charge in [0, 0.05) is 27.2 Å². The van der Waals surface area contributed by atoms with Gasteiger partial charge < -0.3 is 5.11 Å². The molecule has 0 radical (unpaired) electrons. The smallest absolute Gasteiger partial charge is 0.147 e. The van der Waals surface area contributed by atoms with E-state index >= 15 is 0 Å². The summed E-state index contributed by atoms with van der Waals surface area (Å²) in [5.74, 6) is -0.497. The fraction of sp³-hybridized carbons (Fsp3) is 0.100. The molecule has 0 fully saturated rings. The van der Waals surface area contributed by atoms with Crippen molar-refractivity contribution in [2.24, 2.45) is 0 Å². The van der Waals surface area contributed by atoms with Crippen LogP contribution in [-0.2, 0) is 0 Å².